The maximum atomic E-state index is 12.7. The summed E-state index contributed by atoms with van der Waals surface area (Å²) in [6.07, 6.45) is 0. The number of anilines is 1. The number of hydrogen-bond donors (Lipinski definition) is 1. The van der Waals surface area contributed by atoms with Gasteiger partial charge in [0.05, 0.1) is 0 Å². The van der Waals surface area contributed by atoms with Crippen LogP contribution in [-0.4, -0.2) is 5.78 Å². The summed E-state index contributed by atoms with van der Waals surface area (Å²) in [4.78, 5) is 10.9. The molecular formula is C9H10FNO. The molecule has 2 nitrogen and oxygen atoms in total. The molecule has 1 aromatic carbocycles. The highest BCUT2D eigenvalue weighted by atomic mass is 19.1. The lowest BCUT2D eigenvalue weighted by molar-refractivity contribution is 0.101. The van der Waals surface area contributed by atoms with Gasteiger partial charge in [-0.15, -0.1) is 0 Å². The van der Waals surface area contributed by atoms with Gasteiger partial charge in [-0.1, -0.05) is 0 Å². The average molecular weight is 167 g/mol. The van der Waals surface area contributed by atoms with Gasteiger partial charge in [-0.05, 0) is 31.5 Å². The third-order valence-electron chi connectivity index (χ3n) is 1.79. The Hall–Kier alpha value is -1.38. The smallest absolute Gasteiger partial charge is 0.160 e. The minimum atomic E-state index is -0.469. The van der Waals surface area contributed by atoms with Crippen LogP contribution >= 0.6 is 0 Å². The summed E-state index contributed by atoms with van der Waals surface area (Å²) in [7, 11) is 0. The molecule has 0 spiro atoms. The summed E-state index contributed by atoms with van der Waals surface area (Å²) >= 11 is 0. The van der Waals surface area contributed by atoms with Gasteiger partial charge in [0.1, 0.15) is 5.82 Å². The van der Waals surface area contributed by atoms with E-state index in [1.54, 1.807) is 6.92 Å². The maximum absolute atomic E-state index is 12.7. The Morgan fingerprint density at radius 3 is 2.58 bits per heavy atom. The zero-order valence-electron chi connectivity index (χ0n) is 7.02. The number of hydrogen-bond acceptors (Lipinski definition) is 2. The van der Waals surface area contributed by atoms with Crippen LogP contribution in [0.4, 0.5) is 10.1 Å². The molecule has 0 amide bonds. The molecule has 0 aliphatic heterocycles. The van der Waals surface area contributed by atoms with E-state index in [-0.39, 0.29) is 5.78 Å². The zero-order chi connectivity index (χ0) is 9.30. The molecule has 0 atom stereocenters. The van der Waals surface area contributed by atoms with E-state index in [0.717, 1.165) is 0 Å². The van der Waals surface area contributed by atoms with Crippen molar-refractivity contribution in [3.05, 3.63) is 29.1 Å². The summed E-state index contributed by atoms with van der Waals surface area (Å²) in [5.41, 5.74) is 6.78. The van der Waals surface area contributed by atoms with Gasteiger partial charge in [0.2, 0.25) is 0 Å². The first-order valence-corrected chi connectivity index (χ1v) is 3.59. The Kier molecular flexibility index (Phi) is 2.13. The van der Waals surface area contributed by atoms with Crippen molar-refractivity contribution in [2.24, 2.45) is 0 Å². The van der Waals surface area contributed by atoms with Crippen LogP contribution in [0.2, 0.25) is 0 Å². The standard InChI is InChI=1S/C9H10FNO/c1-5-8(6(2)12)3-7(10)4-9(5)11/h3-4H,11H2,1-2H3. The van der Waals surface area contributed by atoms with E-state index in [1.807, 2.05) is 0 Å². The molecule has 0 aliphatic carbocycles. The van der Waals surface area contributed by atoms with E-state index < -0.39 is 5.82 Å². The Morgan fingerprint density at radius 1 is 1.50 bits per heavy atom. The predicted octanol–water partition coefficient (Wildman–Crippen LogP) is 1.92. The number of carbonyl (C=O) groups excluding carboxylic acids is 1. The molecule has 0 aliphatic rings. The zero-order valence-corrected chi connectivity index (χ0v) is 7.02. The fourth-order valence-electron chi connectivity index (χ4n) is 1.07. The predicted molar refractivity (Wildman–Crippen MR) is 45.6 cm³/mol. The number of benzene rings is 1. The van der Waals surface area contributed by atoms with Crippen LogP contribution in [-0.2, 0) is 0 Å². The van der Waals surface area contributed by atoms with Crippen molar-refractivity contribution in [1.82, 2.24) is 0 Å². The van der Waals surface area contributed by atoms with Crippen LogP contribution in [0, 0.1) is 12.7 Å². The molecule has 0 fully saturated rings. The number of ketones is 1. The third kappa shape index (κ3) is 1.44. The van der Waals surface area contributed by atoms with Crippen molar-refractivity contribution in [3.63, 3.8) is 0 Å². The van der Waals surface area contributed by atoms with Crippen molar-refractivity contribution in [3.8, 4) is 0 Å². The van der Waals surface area contributed by atoms with Gasteiger partial charge in [-0.2, -0.15) is 0 Å². The molecule has 64 valence electrons. The van der Waals surface area contributed by atoms with Crippen LogP contribution in [0.3, 0.4) is 0 Å². The molecule has 1 aromatic rings. The average Bonchev–Trinajstić information content (AvgIpc) is 1.96. The van der Waals surface area contributed by atoms with E-state index >= 15 is 0 Å². The molecule has 0 radical (unpaired) electrons. The Labute approximate surface area is 70.2 Å². The highest BCUT2D eigenvalue weighted by molar-refractivity contribution is 5.96. The second kappa shape index (κ2) is 2.93. The second-order valence-corrected chi connectivity index (χ2v) is 2.72. The van der Waals surface area contributed by atoms with Gasteiger partial charge in [0.15, 0.2) is 5.78 Å². The molecule has 0 bridgehead atoms. The van der Waals surface area contributed by atoms with Gasteiger partial charge in [0.25, 0.3) is 0 Å². The van der Waals surface area contributed by atoms with Crippen LogP contribution in [0.5, 0.6) is 0 Å². The minimum absolute atomic E-state index is 0.168. The van der Waals surface area contributed by atoms with Crippen molar-refractivity contribution in [2.75, 3.05) is 5.73 Å². The normalized spacial score (nSPS) is 9.92. The fourth-order valence-corrected chi connectivity index (χ4v) is 1.07. The van der Waals surface area contributed by atoms with Gasteiger partial charge >= 0.3 is 0 Å². The molecule has 0 unspecified atom stereocenters. The first-order chi connectivity index (χ1) is 5.52. The molecule has 0 saturated carbocycles. The number of Topliss-reactive ketones (excluding diaryl/α,β-unsaturated/α-hetero) is 1. The minimum Gasteiger partial charge on any atom is -0.398 e. The molecule has 0 aromatic heterocycles. The quantitative estimate of drug-likeness (QED) is 0.513. The van der Waals surface area contributed by atoms with E-state index in [9.17, 15) is 9.18 Å². The van der Waals surface area contributed by atoms with Gasteiger partial charge in [0, 0.05) is 11.3 Å². The molecule has 2 N–H and O–H groups in total. The topological polar surface area (TPSA) is 43.1 Å². The second-order valence-electron chi connectivity index (χ2n) is 2.72. The summed E-state index contributed by atoms with van der Waals surface area (Å²) in [6.45, 7) is 3.09. The summed E-state index contributed by atoms with van der Waals surface area (Å²) < 4.78 is 12.7. The molecule has 12 heavy (non-hydrogen) atoms. The lowest BCUT2D eigenvalue weighted by Gasteiger charge is -2.04. The highest BCUT2D eigenvalue weighted by Gasteiger charge is 2.08. The van der Waals surface area contributed by atoms with Crippen molar-refractivity contribution in [2.45, 2.75) is 13.8 Å². The number of rotatable bonds is 1. The van der Waals surface area contributed by atoms with Crippen LogP contribution in [0.15, 0.2) is 12.1 Å². The highest BCUT2D eigenvalue weighted by Crippen LogP contribution is 2.18. The lowest BCUT2D eigenvalue weighted by Crippen LogP contribution is -2.01. The number of nitrogen functional groups attached to an aromatic ring is 1. The van der Waals surface area contributed by atoms with Crippen LogP contribution < -0.4 is 5.73 Å². The van der Waals surface area contributed by atoms with Gasteiger partial charge in [-0.3, -0.25) is 4.79 Å². The molecule has 3 heteroatoms. The monoisotopic (exact) mass is 167 g/mol. The van der Waals surface area contributed by atoms with Gasteiger partial charge < -0.3 is 5.73 Å². The van der Waals surface area contributed by atoms with E-state index in [4.69, 9.17) is 5.73 Å². The molecule has 0 heterocycles. The Bertz CT molecular complexity index is 334. The number of halogens is 1. The molecule has 1 rings (SSSR count). The SMILES string of the molecule is CC(=O)c1cc(F)cc(N)c1C. The first-order valence-electron chi connectivity index (χ1n) is 3.59. The lowest BCUT2D eigenvalue weighted by atomic mass is 10.0. The van der Waals surface area contributed by atoms with Crippen molar-refractivity contribution in [1.29, 1.82) is 0 Å². The first kappa shape index (κ1) is 8.71. The van der Waals surface area contributed by atoms with Crippen molar-refractivity contribution < 1.29 is 9.18 Å². The Balaban J connectivity index is 3.37. The Morgan fingerprint density at radius 2 is 2.08 bits per heavy atom. The number of nitrogens with two attached hydrogens (primary N) is 1. The maximum Gasteiger partial charge on any atom is 0.160 e. The molecular weight excluding hydrogens is 157 g/mol. The summed E-state index contributed by atoms with van der Waals surface area (Å²) in [6, 6.07) is 2.41. The summed E-state index contributed by atoms with van der Waals surface area (Å²) in [5.74, 6) is -0.637. The van der Waals surface area contributed by atoms with Crippen molar-refractivity contribution >= 4 is 11.5 Å². The number of carbonyl (C=O) groups is 1. The van der Waals surface area contributed by atoms with E-state index in [0.29, 0.717) is 16.8 Å². The third-order valence-corrected chi connectivity index (χ3v) is 1.79. The fraction of sp³-hybridized carbons (Fsp3) is 0.222. The van der Waals surface area contributed by atoms with Crippen LogP contribution in [0.25, 0.3) is 0 Å². The molecule has 0 saturated heterocycles. The van der Waals surface area contributed by atoms with E-state index in [1.165, 1.54) is 19.1 Å². The largest absolute Gasteiger partial charge is 0.398 e. The van der Waals surface area contributed by atoms with E-state index in [2.05, 4.69) is 0 Å². The van der Waals surface area contributed by atoms with Gasteiger partial charge in [-0.25, -0.2) is 4.39 Å². The van der Waals surface area contributed by atoms with Crippen LogP contribution in [0.1, 0.15) is 22.8 Å². The summed E-state index contributed by atoms with van der Waals surface area (Å²) in [5, 5.41) is 0.